The number of rotatable bonds is 6. The van der Waals surface area contributed by atoms with E-state index in [9.17, 15) is 18.0 Å². The summed E-state index contributed by atoms with van der Waals surface area (Å²) in [5, 5.41) is 0. The Balaban J connectivity index is 1.88. The molecule has 3 rings (SSSR count). The van der Waals surface area contributed by atoms with Gasteiger partial charge in [-0.15, -0.1) is 0 Å². The van der Waals surface area contributed by atoms with Crippen LogP contribution in [0.4, 0.5) is 0 Å². The summed E-state index contributed by atoms with van der Waals surface area (Å²) >= 11 is 0. The van der Waals surface area contributed by atoms with Gasteiger partial charge in [0.05, 0.1) is 4.90 Å². The second-order valence-corrected chi connectivity index (χ2v) is 8.57. The molecule has 0 bridgehead atoms. The van der Waals surface area contributed by atoms with Crippen molar-refractivity contribution in [1.29, 1.82) is 0 Å². The van der Waals surface area contributed by atoms with Crippen LogP contribution in [-0.4, -0.2) is 37.9 Å². The van der Waals surface area contributed by atoms with Crippen molar-refractivity contribution >= 4 is 22.1 Å². The van der Waals surface area contributed by atoms with Crippen molar-refractivity contribution in [3.63, 3.8) is 0 Å². The Kier molecular flexibility index (Phi) is 5.34. The SMILES string of the molecule is Cc1ccc(S(=O)(=O)N2C[C@@H](CC=O)[C@H](C(=O)c3ccccc3)C2)cc1. The van der Waals surface area contributed by atoms with Crippen molar-refractivity contribution in [3.8, 4) is 0 Å². The molecule has 6 heteroatoms. The van der Waals surface area contributed by atoms with Gasteiger partial charge in [-0.2, -0.15) is 4.31 Å². The normalized spacial score (nSPS) is 20.8. The predicted octanol–water partition coefficient (Wildman–Crippen LogP) is 2.70. The van der Waals surface area contributed by atoms with Crippen LogP contribution in [0.2, 0.25) is 0 Å². The average molecular weight is 371 g/mol. The largest absolute Gasteiger partial charge is 0.303 e. The second kappa shape index (κ2) is 7.51. The van der Waals surface area contributed by atoms with Crippen LogP contribution in [0.1, 0.15) is 22.3 Å². The number of carbonyl (C=O) groups excluding carboxylic acids is 2. The minimum absolute atomic E-state index is 0.0996. The van der Waals surface area contributed by atoms with E-state index in [0.29, 0.717) is 5.56 Å². The minimum atomic E-state index is -3.69. The predicted molar refractivity (Wildman–Crippen MR) is 98.4 cm³/mol. The van der Waals surface area contributed by atoms with Gasteiger partial charge in [-0.3, -0.25) is 4.79 Å². The molecule has 136 valence electrons. The highest BCUT2D eigenvalue weighted by molar-refractivity contribution is 7.89. The maximum atomic E-state index is 12.9. The zero-order valence-electron chi connectivity index (χ0n) is 14.5. The number of benzene rings is 2. The van der Waals surface area contributed by atoms with Crippen molar-refractivity contribution < 1.29 is 18.0 Å². The molecule has 5 nitrogen and oxygen atoms in total. The van der Waals surface area contributed by atoms with E-state index in [-0.39, 0.29) is 36.1 Å². The van der Waals surface area contributed by atoms with Crippen LogP contribution in [-0.2, 0) is 14.8 Å². The van der Waals surface area contributed by atoms with Crippen LogP contribution in [0.15, 0.2) is 59.5 Å². The smallest absolute Gasteiger partial charge is 0.243 e. The first-order valence-electron chi connectivity index (χ1n) is 8.53. The Morgan fingerprint density at radius 3 is 2.35 bits per heavy atom. The van der Waals surface area contributed by atoms with E-state index in [4.69, 9.17) is 0 Å². The molecule has 0 aliphatic carbocycles. The molecule has 0 radical (unpaired) electrons. The van der Waals surface area contributed by atoms with Gasteiger partial charge in [0.15, 0.2) is 5.78 Å². The van der Waals surface area contributed by atoms with Crippen LogP contribution >= 0.6 is 0 Å². The highest BCUT2D eigenvalue weighted by atomic mass is 32.2. The molecule has 0 unspecified atom stereocenters. The van der Waals surface area contributed by atoms with Gasteiger partial charge in [0.25, 0.3) is 0 Å². The molecule has 0 saturated carbocycles. The molecule has 0 amide bonds. The van der Waals surface area contributed by atoms with Gasteiger partial charge in [-0.1, -0.05) is 48.0 Å². The lowest BCUT2D eigenvalue weighted by Crippen LogP contribution is -2.30. The lowest BCUT2D eigenvalue weighted by molar-refractivity contribution is -0.108. The lowest BCUT2D eigenvalue weighted by atomic mass is 9.87. The maximum Gasteiger partial charge on any atom is 0.243 e. The highest BCUT2D eigenvalue weighted by Crippen LogP contribution is 2.32. The number of Topliss-reactive ketones (excluding diaryl/α,β-unsaturated/α-hetero) is 1. The van der Waals surface area contributed by atoms with Crippen molar-refractivity contribution in [2.45, 2.75) is 18.2 Å². The molecule has 2 atom stereocenters. The molecular weight excluding hydrogens is 350 g/mol. The number of hydrogen-bond acceptors (Lipinski definition) is 4. The van der Waals surface area contributed by atoms with Gasteiger partial charge < -0.3 is 4.79 Å². The Labute approximate surface area is 153 Å². The van der Waals surface area contributed by atoms with E-state index in [1.54, 1.807) is 48.5 Å². The zero-order chi connectivity index (χ0) is 18.7. The molecule has 1 aliphatic heterocycles. The highest BCUT2D eigenvalue weighted by Gasteiger charge is 2.42. The molecule has 1 fully saturated rings. The van der Waals surface area contributed by atoms with Gasteiger partial charge in [-0.05, 0) is 25.0 Å². The van der Waals surface area contributed by atoms with Crippen molar-refractivity contribution in [1.82, 2.24) is 4.31 Å². The first-order valence-corrected chi connectivity index (χ1v) is 9.97. The fourth-order valence-electron chi connectivity index (χ4n) is 3.36. The van der Waals surface area contributed by atoms with E-state index in [1.807, 2.05) is 13.0 Å². The van der Waals surface area contributed by atoms with Crippen LogP contribution in [0.25, 0.3) is 0 Å². The number of sulfonamides is 1. The zero-order valence-corrected chi connectivity index (χ0v) is 15.4. The van der Waals surface area contributed by atoms with E-state index in [1.165, 1.54) is 4.31 Å². The maximum absolute atomic E-state index is 12.9. The molecule has 1 heterocycles. The summed E-state index contributed by atoms with van der Waals surface area (Å²) in [5.74, 6) is -0.928. The van der Waals surface area contributed by atoms with Crippen LogP contribution in [0.3, 0.4) is 0 Å². The topological polar surface area (TPSA) is 71.5 Å². The molecule has 0 aromatic heterocycles. The fourth-order valence-corrected chi connectivity index (χ4v) is 4.89. The van der Waals surface area contributed by atoms with Gasteiger partial charge in [0.2, 0.25) is 10.0 Å². The molecule has 0 spiro atoms. The summed E-state index contributed by atoms with van der Waals surface area (Å²) in [7, 11) is -3.69. The number of ketones is 1. The third-order valence-electron chi connectivity index (χ3n) is 4.86. The van der Waals surface area contributed by atoms with Crippen molar-refractivity contribution in [2.24, 2.45) is 11.8 Å². The third kappa shape index (κ3) is 3.61. The van der Waals surface area contributed by atoms with Crippen LogP contribution < -0.4 is 0 Å². The van der Waals surface area contributed by atoms with Crippen LogP contribution in [0.5, 0.6) is 0 Å². The summed E-state index contributed by atoms with van der Waals surface area (Å²) in [6.45, 7) is 2.17. The van der Waals surface area contributed by atoms with Crippen molar-refractivity contribution in [2.75, 3.05) is 13.1 Å². The van der Waals surface area contributed by atoms with Crippen molar-refractivity contribution in [3.05, 3.63) is 65.7 Å². The van der Waals surface area contributed by atoms with Gasteiger partial charge in [-0.25, -0.2) is 8.42 Å². The van der Waals surface area contributed by atoms with E-state index in [0.717, 1.165) is 11.8 Å². The first-order chi connectivity index (χ1) is 12.4. The Morgan fingerprint density at radius 2 is 1.73 bits per heavy atom. The fraction of sp³-hybridized carbons (Fsp3) is 0.300. The summed E-state index contributed by atoms with van der Waals surface area (Å²) in [4.78, 5) is 24.1. The number of hydrogen-bond donors (Lipinski definition) is 0. The van der Waals surface area contributed by atoms with Crippen LogP contribution in [0, 0.1) is 18.8 Å². The quantitative estimate of drug-likeness (QED) is 0.578. The third-order valence-corrected chi connectivity index (χ3v) is 6.71. The molecule has 26 heavy (non-hydrogen) atoms. The molecule has 1 saturated heterocycles. The lowest BCUT2D eigenvalue weighted by Gasteiger charge is -2.16. The Hall–Kier alpha value is -2.31. The Morgan fingerprint density at radius 1 is 1.08 bits per heavy atom. The van der Waals surface area contributed by atoms with E-state index < -0.39 is 15.9 Å². The first kappa shape index (κ1) is 18.5. The van der Waals surface area contributed by atoms with Gasteiger partial charge in [0, 0.05) is 31.0 Å². The summed E-state index contributed by atoms with van der Waals surface area (Å²) in [6, 6.07) is 15.5. The molecule has 2 aromatic carbocycles. The van der Waals surface area contributed by atoms with Gasteiger partial charge >= 0.3 is 0 Å². The monoisotopic (exact) mass is 371 g/mol. The average Bonchev–Trinajstić information content (AvgIpc) is 3.07. The molecular formula is C20H21NO4S. The van der Waals surface area contributed by atoms with Gasteiger partial charge in [0.1, 0.15) is 6.29 Å². The van der Waals surface area contributed by atoms with E-state index >= 15 is 0 Å². The standard InChI is InChI=1S/C20H21NO4S/c1-15-7-9-18(10-8-15)26(24,25)21-13-17(11-12-22)19(14-21)20(23)16-5-3-2-4-6-16/h2-10,12,17,19H,11,13-14H2,1H3/t17-,19-/m1/s1. The molecule has 0 N–H and O–H groups in total. The summed E-state index contributed by atoms with van der Waals surface area (Å²) < 4.78 is 27.2. The number of carbonyl (C=O) groups is 2. The number of aldehydes is 1. The summed E-state index contributed by atoms with van der Waals surface area (Å²) in [5.41, 5.74) is 1.52. The van der Waals surface area contributed by atoms with E-state index in [2.05, 4.69) is 0 Å². The Bertz CT molecular complexity index is 891. The summed E-state index contributed by atoms with van der Waals surface area (Å²) in [6.07, 6.45) is 0.932. The number of nitrogens with zero attached hydrogens (tertiary/aromatic N) is 1. The number of aryl methyl sites for hydroxylation is 1. The molecule has 2 aromatic rings. The minimum Gasteiger partial charge on any atom is -0.303 e. The second-order valence-electron chi connectivity index (χ2n) is 6.63. The molecule has 1 aliphatic rings.